The molecule has 1 N–H and O–H groups in total. The maximum Gasteiger partial charge on any atom is 0.317 e. The van der Waals surface area contributed by atoms with Gasteiger partial charge in [0, 0.05) is 50.6 Å². The molecule has 4 fully saturated rings. The van der Waals surface area contributed by atoms with Crippen LogP contribution in [-0.2, 0) is 4.74 Å². The van der Waals surface area contributed by atoms with E-state index < -0.39 is 0 Å². The molecule has 2 amide bonds. The third kappa shape index (κ3) is 4.74. The van der Waals surface area contributed by atoms with Gasteiger partial charge in [-0.2, -0.15) is 0 Å². The summed E-state index contributed by atoms with van der Waals surface area (Å²) in [5.74, 6) is 1.24. The van der Waals surface area contributed by atoms with Gasteiger partial charge in [-0.3, -0.25) is 0 Å². The number of amides is 2. The number of carbonyl (C=O) groups excluding carboxylic acids is 1. The normalized spacial score (nSPS) is 29.1. The first kappa shape index (κ1) is 23.1. The van der Waals surface area contributed by atoms with Crippen LogP contribution < -0.4 is 10.2 Å². The van der Waals surface area contributed by atoms with Crippen molar-refractivity contribution in [2.75, 3.05) is 57.9 Å². The van der Waals surface area contributed by atoms with Gasteiger partial charge in [0.2, 0.25) is 5.95 Å². The topological polar surface area (TPSA) is 73.8 Å². The minimum atomic E-state index is -0.136. The summed E-state index contributed by atoms with van der Waals surface area (Å²) in [5, 5.41) is 3.45. The number of aromatic nitrogens is 2. The summed E-state index contributed by atoms with van der Waals surface area (Å²) in [6.45, 7) is 8.05. The summed E-state index contributed by atoms with van der Waals surface area (Å²) in [7, 11) is 1.71. The van der Waals surface area contributed by atoms with Crippen molar-refractivity contribution < 1.29 is 9.53 Å². The molecule has 182 valence electrons. The zero-order chi connectivity index (χ0) is 23.5. The van der Waals surface area contributed by atoms with E-state index >= 15 is 0 Å². The molecule has 5 heterocycles. The van der Waals surface area contributed by atoms with Crippen molar-refractivity contribution >= 4 is 12.0 Å². The Hall–Kier alpha value is -2.71. The summed E-state index contributed by atoms with van der Waals surface area (Å²) in [4.78, 5) is 29.5. The second-order valence-electron chi connectivity index (χ2n) is 10.1. The largest absolute Gasteiger partial charge is 0.382 e. The Morgan fingerprint density at radius 1 is 1.12 bits per heavy atom. The number of anilines is 1. The highest BCUT2D eigenvalue weighted by Crippen LogP contribution is 2.35. The number of fused-ring (bicyclic) bond motifs is 4. The third-order valence-corrected chi connectivity index (χ3v) is 7.93. The second kappa shape index (κ2) is 9.88. The lowest BCUT2D eigenvalue weighted by atomic mass is 9.79. The van der Waals surface area contributed by atoms with Crippen LogP contribution in [0.1, 0.15) is 26.2 Å². The number of methoxy groups -OCH3 is 1. The molecule has 0 saturated carbocycles. The average molecular weight is 465 g/mol. The molecule has 1 aromatic heterocycles. The molecular formula is C26H36N6O2. The summed E-state index contributed by atoms with van der Waals surface area (Å²) < 4.78 is 5.54. The Labute approximate surface area is 202 Å². The predicted octanol–water partition coefficient (Wildman–Crippen LogP) is 2.86. The molecule has 34 heavy (non-hydrogen) atoms. The predicted molar refractivity (Wildman–Crippen MR) is 133 cm³/mol. The fourth-order valence-electron chi connectivity index (χ4n) is 5.77. The van der Waals surface area contributed by atoms with Crippen molar-refractivity contribution in [2.45, 2.75) is 37.8 Å². The van der Waals surface area contributed by atoms with Gasteiger partial charge >= 0.3 is 6.03 Å². The highest BCUT2D eigenvalue weighted by molar-refractivity contribution is 5.75. The molecule has 2 atom stereocenters. The number of piperidine rings is 1. The van der Waals surface area contributed by atoms with Gasteiger partial charge < -0.3 is 24.8 Å². The molecule has 8 heteroatoms. The van der Waals surface area contributed by atoms with Crippen molar-refractivity contribution in [3.8, 4) is 11.3 Å². The van der Waals surface area contributed by atoms with Crippen LogP contribution >= 0.6 is 0 Å². The van der Waals surface area contributed by atoms with Crippen molar-refractivity contribution in [3.63, 3.8) is 0 Å². The monoisotopic (exact) mass is 464 g/mol. The maximum absolute atomic E-state index is 13.4. The zero-order valence-corrected chi connectivity index (χ0v) is 20.3. The minimum Gasteiger partial charge on any atom is -0.382 e. The molecule has 2 bridgehead atoms. The quantitative estimate of drug-likeness (QED) is 0.734. The fraction of sp³-hybridized carbons (Fsp3) is 0.577. The van der Waals surface area contributed by atoms with Crippen LogP contribution in [0.4, 0.5) is 10.7 Å². The van der Waals surface area contributed by atoms with Gasteiger partial charge in [0.15, 0.2) is 0 Å². The number of hydrogen-bond acceptors (Lipinski definition) is 6. The number of benzene rings is 1. The van der Waals surface area contributed by atoms with Crippen LogP contribution in [0.15, 0.2) is 42.6 Å². The van der Waals surface area contributed by atoms with E-state index in [4.69, 9.17) is 9.72 Å². The first-order chi connectivity index (χ1) is 16.6. The van der Waals surface area contributed by atoms with Crippen LogP contribution in [0.5, 0.6) is 0 Å². The van der Waals surface area contributed by atoms with Crippen molar-refractivity contribution in [1.82, 2.24) is 25.1 Å². The standard InChI is InChI=1S/C26H36N6O2/c1-26(11-15-30-13-9-21(26)10-14-30)29-25(33)31-16-17-32(22(18-31)19-34-2)24-27-12-8-23(28-24)20-6-4-3-5-7-20/h3-8,12,21-22H,9-11,13-19H2,1-2H3,(H,29,33). The molecule has 4 saturated heterocycles. The second-order valence-corrected chi connectivity index (χ2v) is 10.1. The van der Waals surface area contributed by atoms with Crippen molar-refractivity contribution in [3.05, 3.63) is 42.6 Å². The molecule has 0 radical (unpaired) electrons. The average Bonchev–Trinajstić information content (AvgIpc) is 3.13. The molecular weight excluding hydrogens is 428 g/mol. The number of carbonyl (C=O) groups is 1. The zero-order valence-electron chi connectivity index (χ0n) is 20.3. The molecule has 6 rings (SSSR count). The number of piperazine rings is 1. The third-order valence-electron chi connectivity index (χ3n) is 7.93. The number of urea groups is 1. The first-order valence-electron chi connectivity index (χ1n) is 12.5. The highest BCUT2D eigenvalue weighted by Gasteiger charge is 2.42. The van der Waals surface area contributed by atoms with E-state index in [-0.39, 0.29) is 17.6 Å². The van der Waals surface area contributed by atoms with Crippen molar-refractivity contribution in [2.24, 2.45) is 5.92 Å². The first-order valence-corrected chi connectivity index (χ1v) is 12.5. The summed E-state index contributed by atoms with van der Waals surface area (Å²) in [5.41, 5.74) is 1.83. The van der Waals surface area contributed by atoms with Gasteiger partial charge in [-0.05, 0) is 51.3 Å². The van der Waals surface area contributed by atoms with Crippen LogP contribution in [0.3, 0.4) is 0 Å². The van der Waals surface area contributed by atoms with E-state index in [1.807, 2.05) is 35.4 Å². The van der Waals surface area contributed by atoms with Crippen molar-refractivity contribution in [1.29, 1.82) is 0 Å². The number of rotatable bonds is 5. The minimum absolute atomic E-state index is 0.000523. The van der Waals surface area contributed by atoms with Gasteiger partial charge in [0.1, 0.15) is 0 Å². The molecule has 8 nitrogen and oxygen atoms in total. The Kier molecular flexibility index (Phi) is 6.70. The van der Waals surface area contributed by atoms with E-state index in [1.54, 1.807) is 7.11 Å². The summed E-state index contributed by atoms with van der Waals surface area (Å²) in [6.07, 6.45) is 5.17. The Morgan fingerprint density at radius 2 is 1.91 bits per heavy atom. The number of nitrogens with zero attached hydrogens (tertiary/aromatic N) is 5. The maximum atomic E-state index is 13.4. The summed E-state index contributed by atoms with van der Waals surface area (Å²) >= 11 is 0. The molecule has 2 unspecified atom stereocenters. The molecule has 0 spiro atoms. The van der Waals surface area contributed by atoms with Crippen LogP contribution in [-0.4, -0.2) is 90.4 Å². The van der Waals surface area contributed by atoms with E-state index in [0.717, 1.165) is 37.3 Å². The van der Waals surface area contributed by atoms with Gasteiger partial charge in [0.25, 0.3) is 0 Å². The lowest BCUT2D eigenvalue weighted by Crippen LogP contribution is -2.62. The highest BCUT2D eigenvalue weighted by atomic mass is 16.5. The van der Waals surface area contributed by atoms with E-state index in [9.17, 15) is 4.79 Å². The van der Waals surface area contributed by atoms with E-state index in [1.165, 1.54) is 12.8 Å². The van der Waals surface area contributed by atoms with Crippen LogP contribution in [0.25, 0.3) is 11.3 Å². The molecule has 2 aromatic rings. The molecule has 4 aliphatic rings. The SMILES string of the molecule is COCC1CN(C(=O)NC2(C)CCN3CCC2CC3)CCN1c1nccc(-c2ccccc2)n1. The molecule has 4 aliphatic heterocycles. The van der Waals surface area contributed by atoms with Gasteiger partial charge in [0.05, 0.1) is 18.3 Å². The van der Waals surface area contributed by atoms with Crippen LogP contribution in [0.2, 0.25) is 0 Å². The van der Waals surface area contributed by atoms with Gasteiger partial charge in [-0.1, -0.05) is 30.3 Å². The molecule has 1 aromatic carbocycles. The van der Waals surface area contributed by atoms with Gasteiger partial charge in [-0.15, -0.1) is 0 Å². The summed E-state index contributed by atoms with van der Waals surface area (Å²) in [6, 6.07) is 12.1. The smallest absolute Gasteiger partial charge is 0.317 e. The fourth-order valence-corrected chi connectivity index (χ4v) is 5.77. The van der Waals surface area contributed by atoms with Crippen LogP contribution in [0, 0.1) is 5.92 Å². The Balaban J connectivity index is 1.29. The molecule has 0 aliphatic carbocycles. The lowest BCUT2D eigenvalue weighted by Gasteiger charge is -2.44. The Bertz CT molecular complexity index is 980. The van der Waals surface area contributed by atoms with E-state index in [2.05, 4.69) is 39.2 Å². The number of ether oxygens (including phenoxy) is 1. The number of nitrogens with one attached hydrogen (secondary N) is 1. The Morgan fingerprint density at radius 3 is 2.68 bits per heavy atom. The lowest BCUT2D eigenvalue weighted by molar-refractivity contribution is 0.124. The number of hydrogen-bond donors (Lipinski definition) is 1. The van der Waals surface area contributed by atoms with E-state index in [0.29, 0.717) is 38.1 Å². The van der Waals surface area contributed by atoms with Gasteiger partial charge in [-0.25, -0.2) is 14.8 Å².